The summed E-state index contributed by atoms with van der Waals surface area (Å²) in [6.07, 6.45) is 4.21. The third-order valence-electron chi connectivity index (χ3n) is 3.46. The lowest BCUT2D eigenvalue weighted by molar-refractivity contribution is 0.377. The van der Waals surface area contributed by atoms with Gasteiger partial charge in [0.25, 0.3) is 0 Å². The Balaban J connectivity index is 2.00. The molecule has 1 aliphatic rings. The van der Waals surface area contributed by atoms with Crippen LogP contribution in [0.5, 0.6) is 0 Å². The van der Waals surface area contributed by atoms with Gasteiger partial charge in [0.15, 0.2) is 0 Å². The second-order valence-corrected chi connectivity index (χ2v) is 4.77. The summed E-state index contributed by atoms with van der Waals surface area (Å²) in [6.45, 7) is 6.40. The molecule has 1 aromatic heterocycles. The van der Waals surface area contributed by atoms with Crippen molar-refractivity contribution in [2.45, 2.75) is 19.8 Å². The number of nitrogens with one attached hydrogen (secondary N) is 1. The van der Waals surface area contributed by atoms with Gasteiger partial charge >= 0.3 is 0 Å². The average molecular weight is 244 g/mol. The fourth-order valence-electron chi connectivity index (χ4n) is 2.42. The highest BCUT2D eigenvalue weighted by atomic mass is 15.2. The van der Waals surface area contributed by atoms with Crippen LogP contribution < -0.4 is 10.2 Å². The standard InChI is InChI=1S/C14H20N4/c1-2-18(11-13-4-3-7-16-9-13)14-6-5-12(8-15)10-17-14/h5-6,10,13,16H,2-4,7,9,11H2,1H3. The Morgan fingerprint density at radius 1 is 1.56 bits per heavy atom. The number of nitrogens with zero attached hydrogens (tertiary/aromatic N) is 3. The molecule has 0 bridgehead atoms. The quantitative estimate of drug-likeness (QED) is 0.877. The lowest BCUT2D eigenvalue weighted by atomic mass is 9.99. The van der Waals surface area contributed by atoms with Crippen LogP contribution in [0.2, 0.25) is 0 Å². The van der Waals surface area contributed by atoms with Crippen molar-refractivity contribution in [3.05, 3.63) is 23.9 Å². The molecule has 18 heavy (non-hydrogen) atoms. The van der Waals surface area contributed by atoms with E-state index in [1.165, 1.54) is 12.8 Å². The maximum absolute atomic E-state index is 8.77. The van der Waals surface area contributed by atoms with Gasteiger partial charge in [-0.25, -0.2) is 4.98 Å². The van der Waals surface area contributed by atoms with Crippen LogP contribution in [0.1, 0.15) is 25.3 Å². The van der Waals surface area contributed by atoms with Gasteiger partial charge in [0, 0.05) is 19.3 Å². The summed E-state index contributed by atoms with van der Waals surface area (Å²) in [4.78, 5) is 6.66. The predicted molar refractivity (Wildman–Crippen MR) is 72.4 cm³/mol. The minimum absolute atomic E-state index is 0.620. The Morgan fingerprint density at radius 2 is 2.44 bits per heavy atom. The number of pyridine rings is 1. The van der Waals surface area contributed by atoms with Crippen LogP contribution in [0.25, 0.3) is 0 Å². The van der Waals surface area contributed by atoms with Crippen molar-refractivity contribution in [2.75, 3.05) is 31.1 Å². The summed E-state index contributed by atoms with van der Waals surface area (Å²) in [5, 5.41) is 12.2. The summed E-state index contributed by atoms with van der Waals surface area (Å²) in [5.74, 6) is 1.68. The normalized spacial score (nSPS) is 19.2. The Bertz CT molecular complexity index is 401. The van der Waals surface area contributed by atoms with Gasteiger partial charge < -0.3 is 10.2 Å². The van der Waals surface area contributed by atoms with E-state index in [1.807, 2.05) is 12.1 Å². The van der Waals surface area contributed by atoms with E-state index >= 15 is 0 Å². The molecule has 1 fully saturated rings. The fraction of sp³-hybridized carbons (Fsp3) is 0.571. The lowest BCUT2D eigenvalue weighted by Crippen LogP contribution is -2.38. The molecular formula is C14H20N4. The number of hydrogen-bond acceptors (Lipinski definition) is 4. The molecule has 1 aromatic rings. The van der Waals surface area contributed by atoms with Crippen molar-refractivity contribution >= 4 is 5.82 Å². The van der Waals surface area contributed by atoms with E-state index in [0.29, 0.717) is 11.5 Å². The molecule has 0 radical (unpaired) electrons. The van der Waals surface area contributed by atoms with Crippen molar-refractivity contribution in [3.8, 4) is 6.07 Å². The number of rotatable bonds is 4. The molecule has 4 nitrogen and oxygen atoms in total. The van der Waals surface area contributed by atoms with E-state index in [9.17, 15) is 0 Å². The fourth-order valence-corrected chi connectivity index (χ4v) is 2.42. The number of piperidine rings is 1. The van der Waals surface area contributed by atoms with E-state index in [2.05, 4.69) is 28.2 Å². The topological polar surface area (TPSA) is 52.0 Å². The second-order valence-electron chi connectivity index (χ2n) is 4.77. The summed E-state index contributed by atoms with van der Waals surface area (Å²) in [6, 6.07) is 5.88. The summed E-state index contributed by atoms with van der Waals surface area (Å²) in [7, 11) is 0. The van der Waals surface area contributed by atoms with Crippen LogP contribution >= 0.6 is 0 Å². The summed E-state index contributed by atoms with van der Waals surface area (Å²) >= 11 is 0. The first-order valence-electron chi connectivity index (χ1n) is 6.65. The first-order valence-corrected chi connectivity index (χ1v) is 6.65. The molecule has 1 aliphatic heterocycles. The molecule has 1 N–H and O–H groups in total. The third kappa shape index (κ3) is 3.21. The zero-order valence-corrected chi connectivity index (χ0v) is 10.9. The van der Waals surface area contributed by atoms with Crippen LogP contribution in [-0.2, 0) is 0 Å². The molecule has 0 amide bonds. The van der Waals surface area contributed by atoms with Gasteiger partial charge in [-0.2, -0.15) is 5.26 Å². The molecule has 2 heterocycles. The Hall–Kier alpha value is -1.60. The van der Waals surface area contributed by atoms with E-state index < -0.39 is 0 Å². The maximum Gasteiger partial charge on any atom is 0.128 e. The first kappa shape index (κ1) is 12.8. The Kier molecular flexibility index (Phi) is 4.54. The van der Waals surface area contributed by atoms with Crippen molar-refractivity contribution in [2.24, 2.45) is 5.92 Å². The number of hydrogen-bond donors (Lipinski definition) is 1. The maximum atomic E-state index is 8.77. The van der Waals surface area contributed by atoms with Gasteiger partial charge in [-0.3, -0.25) is 0 Å². The van der Waals surface area contributed by atoms with Gasteiger partial charge in [0.2, 0.25) is 0 Å². The van der Waals surface area contributed by atoms with Crippen molar-refractivity contribution < 1.29 is 0 Å². The van der Waals surface area contributed by atoms with E-state index in [4.69, 9.17) is 5.26 Å². The van der Waals surface area contributed by atoms with Crippen molar-refractivity contribution in [3.63, 3.8) is 0 Å². The molecule has 1 unspecified atom stereocenters. The molecule has 0 spiro atoms. The highest BCUT2D eigenvalue weighted by molar-refractivity contribution is 5.41. The van der Waals surface area contributed by atoms with Crippen LogP contribution in [-0.4, -0.2) is 31.2 Å². The monoisotopic (exact) mass is 244 g/mol. The van der Waals surface area contributed by atoms with Gasteiger partial charge in [-0.15, -0.1) is 0 Å². The van der Waals surface area contributed by atoms with Crippen molar-refractivity contribution in [1.82, 2.24) is 10.3 Å². The second kappa shape index (κ2) is 6.36. The molecule has 4 heteroatoms. The van der Waals surface area contributed by atoms with Gasteiger partial charge in [-0.05, 0) is 50.9 Å². The SMILES string of the molecule is CCN(CC1CCCNC1)c1ccc(C#N)cn1. The number of nitriles is 1. The van der Waals surface area contributed by atoms with Gasteiger partial charge in [0.05, 0.1) is 5.56 Å². The van der Waals surface area contributed by atoms with Gasteiger partial charge in [-0.1, -0.05) is 0 Å². The smallest absolute Gasteiger partial charge is 0.128 e. The van der Waals surface area contributed by atoms with Crippen LogP contribution in [0.15, 0.2) is 18.3 Å². The minimum atomic E-state index is 0.620. The molecular weight excluding hydrogens is 224 g/mol. The lowest BCUT2D eigenvalue weighted by Gasteiger charge is -2.30. The molecule has 2 rings (SSSR count). The zero-order valence-electron chi connectivity index (χ0n) is 10.9. The first-order chi connectivity index (χ1) is 8.83. The Morgan fingerprint density at radius 3 is 3.00 bits per heavy atom. The summed E-state index contributed by atoms with van der Waals surface area (Å²) in [5.41, 5.74) is 0.620. The molecule has 1 atom stereocenters. The van der Waals surface area contributed by atoms with E-state index in [0.717, 1.165) is 32.0 Å². The number of aromatic nitrogens is 1. The molecule has 0 aromatic carbocycles. The third-order valence-corrected chi connectivity index (χ3v) is 3.46. The highest BCUT2D eigenvalue weighted by Crippen LogP contribution is 2.17. The molecule has 0 aliphatic carbocycles. The average Bonchev–Trinajstić information content (AvgIpc) is 2.46. The minimum Gasteiger partial charge on any atom is -0.357 e. The molecule has 0 saturated carbocycles. The van der Waals surface area contributed by atoms with E-state index in [-0.39, 0.29) is 0 Å². The molecule has 1 saturated heterocycles. The van der Waals surface area contributed by atoms with E-state index in [1.54, 1.807) is 6.20 Å². The largest absolute Gasteiger partial charge is 0.357 e. The van der Waals surface area contributed by atoms with Crippen LogP contribution in [0.3, 0.4) is 0 Å². The zero-order chi connectivity index (χ0) is 12.8. The summed E-state index contributed by atoms with van der Waals surface area (Å²) < 4.78 is 0. The molecule has 96 valence electrons. The Labute approximate surface area is 109 Å². The highest BCUT2D eigenvalue weighted by Gasteiger charge is 2.17. The predicted octanol–water partition coefficient (Wildman–Crippen LogP) is 1.78. The van der Waals surface area contributed by atoms with Crippen molar-refractivity contribution in [1.29, 1.82) is 5.26 Å². The van der Waals surface area contributed by atoms with Crippen LogP contribution in [0, 0.1) is 17.2 Å². The van der Waals surface area contributed by atoms with Crippen LogP contribution in [0.4, 0.5) is 5.82 Å². The van der Waals surface area contributed by atoms with Gasteiger partial charge in [0.1, 0.15) is 11.9 Å². The number of anilines is 1.